The third kappa shape index (κ3) is 6.21. The van der Waals surface area contributed by atoms with Crippen LogP contribution in [0.5, 0.6) is 0 Å². The monoisotopic (exact) mass is 552 g/mol. The van der Waals surface area contributed by atoms with Crippen molar-refractivity contribution in [3.63, 3.8) is 0 Å². The maximum Gasteiger partial charge on any atom is 0.289 e. The fourth-order valence-electron chi connectivity index (χ4n) is 6.38. The number of alkyl halides is 2. The van der Waals surface area contributed by atoms with E-state index in [2.05, 4.69) is 15.6 Å². The van der Waals surface area contributed by atoms with Gasteiger partial charge in [0.25, 0.3) is 5.91 Å². The van der Waals surface area contributed by atoms with Gasteiger partial charge in [-0.3, -0.25) is 24.2 Å². The van der Waals surface area contributed by atoms with Crippen LogP contribution >= 0.6 is 0 Å². The molecule has 3 aliphatic rings. The van der Waals surface area contributed by atoms with Crippen LogP contribution in [0.1, 0.15) is 56.2 Å². The Morgan fingerprint density at radius 1 is 0.975 bits per heavy atom. The molecule has 0 radical (unpaired) electrons. The molecule has 2 aliphatic carbocycles. The molecule has 10 heteroatoms. The van der Waals surface area contributed by atoms with Crippen LogP contribution in [0.3, 0.4) is 0 Å². The van der Waals surface area contributed by atoms with Crippen LogP contribution in [0.2, 0.25) is 0 Å². The first-order chi connectivity index (χ1) is 19.2. The van der Waals surface area contributed by atoms with Crippen molar-refractivity contribution in [3.8, 4) is 0 Å². The Morgan fingerprint density at radius 3 is 2.40 bits per heavy atom. The Labute approximate surface area is 231 Å². The first-order valence-electron chi connectivity index (χ1n) is 14.0. The highest BCUT2D eigenvalue weighted by Crippen LogP contribution is 2.45. The zero-order chi connectivity index (χ0) is 28.3. The quantitative estimate of drug-likeness (QED) is 0.465. The summed E-state index contributed by atoms with van der Waals surface area (Å²) in [7, 11) is 0. The summed E-state index contributed by atoms with van der Waals surface area (Å²) >= 11 is 0. The number of aromatic nitrogens is 1. The Morgan fingerprint density at radius 2 is 1.70 bits per heavy atom. The van der Waals surface area contributed by atoms with Crippen molar-refractivity contribution < 1.29 is 28.0 Å². The van der Waals surface area contributed by atoms with E-state index >= 15 is 0 Å². The molecule has 0 unspecified atom stereocenters. The van der Waals surface area contributed by atoms with Crippen LogP contribution in [0, 0.1) is 11.8 Å². The summed E-state index contributed by atoms with van der Waals surface area (Å²) in [5, 5.41) is 5.38. The van der Waals surface area contributed by atoms with E-state index in [1.165, 1.54) is 0 Å². The van der Waals surface area contributed by atoms with Gasteiger partial charge in [-0.05, 0) is 55.7 Å². The molecule has 3 amide bonds. The number of likely N-dealkylation sites (tertiary alicyclic amines) is 1. The van der Waals surface area contributed by atoms with Gasteiger partial charge in [-0.25, -0.2) is 8.78 Å². The van der Waals surface area contributed by atoms with E-state index in [0.717, 1.165) is 18.4 Å². The lowest BCUT2D eigenvalue weighted by Gasteiger charge is -2.38. The molecule has 4 atom stereocenters. The minimum atomic E-state index is -2.75. The summed E-state index contributed by atoms with van der Waals surface area (Å²) < 4.78 is 27.5. The van der Waals surface area contributed by atoms with E-state index in [1.54, 1.807) is 29.3 Å². The molecule has 1 saturated heterocycles. The number of nitrogens with zero attached hydrogens (tertiary/aromatic N) is 2. The number of Topliss-reactive ketones (excluding diaryl/α,β-unsaturated/α-hetero) is 1. The lowest BCUT2D eigenvalue weighted by molar-refractivity contribution is -0.150. The van der Waals surface area contributed by atoms with Crippen molar-refractivity contribution in [2.45, 2.75) is 82.0 Å². The van der Waals surface area contributed by atoms with Crippen molar-refractivity contribution in [2.75, 3.05) is 0 Å². The molecular formula is C30H34F2N4O4. The zero-order valence-corrected chi connectivity index (χ0v) is 22.2. The van der Waals surface area contributed by atoms with Crippen LogP contribution in [0.15, 0.2) is 54.7 Å². The minimum absolute atomic E-state index is 0.0620. The minimum Gasteiger partial charge on any atom is -0.344 e. The highest BCUT2D eigenvalue weighted by atomic mass is 19.3. The summed E-state index contributed by atoms with van der Waals surface area (Å²) in [4.78, 5) is 59.1. The number of hydrogen-bond acceptors (Lipinski definition) is 5. The molecule has 40 heavy (non-hydrogen) atoms. The first kappa shape index (κ1) is 27.9. The van der Waals surface area contributed by atoms with Crippen molar-refractivity contribution in [1.82, 2.24) is 20.5 Å². The van der Waals surface area contributed by atoms with Crippen LogP contribution in [0.25, 0.3) is 0 Å². The number of ketones is 1. The topological polar surface area (TPSA) is 108 Å². The number of hydrogen-bond donors (Lipinski definition) is 2. The Hall–Kier alpha value is -3.69. The molecular weight excluding hydrogens is 518 g/mol. The van der Waals surface area contributed by atoms with Crippen LogP contribution in [-0.2, 0) is 32.1 Å². The van der Waals surface area contributed by atoms with Gasteiger partial charge in [0, 0.05) is 37.4 Å². The van der Waals surface area contributed by atoms with Gasteiger partial charge in [0.05, 0.1) is 12.2 Å². The largest absolute Gasteiger partial charge is 0.344 e. The Kier molecular flexibility index (Phi) is 8.23. The molecule has 212 valence electrons. The van der Waals surface area contributed by atoms with Gasteiger partial charge in [-0.1, -0.05) is 36.4 Å². The summed E-state index contributed by atoms with van der Waals surface area (Å²) in [6.07, 6.45) is 3.45. The van der Waals surface area contributed by atoms with Crippen molar-refractivity contribution in [2.24, 2.45) is 11.8 Å². The number of amides is 3. The second kappa shape index (κ2) is 11.8. The summed E-state index contributed by atoms with van der Waals surface area (Å²) in [5.74, 6) is -5.70. The Balaban J connectivity index is 1.30. The van der Waals surface area contributed by atoms with Gasteiger partial charge in [-0.2, -0.15) is 0 Å². The standard InChI is InChI=1S/C30H34F2N4O4/c31-30(32)13-11-20(12-14-30)29(40)36-23-10-9-21(17-23)25(36)27(38)35-24(16-19-6-2-1-3-7-19)26(37)28(39)34-18-22-8-4-5-15-33-22/h1-8,15,20-21,23-25H,9-14,16-18H2,(H,34,39)(H,35,38)/t21-,23+,24+,25-/m0/s1. The molecule has 2 saturated carbocycles. The highest BCUT2D eigenvalue weighted by molar-refractivity contribution is 6.38. The second-order valence-electron chi connectivity index (χ2n) is 11.2. The fraction of sp³-hybridized carbons (Fsp3) is 0.500. The van der Waals surface area contributed by atoms with Crippen LogP contribution in [0.4, 0.5) is 8.78 Å². The molecule has 8 nitrogen and oxygen atoms in total. The molecule has 3 fully saturated rings. The van der Waals surface area contributed by atoms with E-state index in [9.17, 15) is 28.0 Å². The number of carbonyl (C=O) groups excluding carboxylic acids is 4. The van der Waals surface area contributed by atoms with E-state index in [1.807, 2.05) is 30.3 Å². The number of rotatable bonds is 9. The van der Waals surface area contributed by atoms with E-state index in [0.29, 0.717) is 12.1 Å². The predicted octanol–water partition coefficient (Wildman–Crippen LogP) is 3.20. The average molecular weight is 553 g/mol. The molecule has 2 heterocycles. The lowest BCUT2D eigenvalue weighted by atomic mass is 9.85. The number of nitrogens with one attached hydrogen (secondary N) is 2. The third-order valence-electron chi connectivity index (χ3n) is 8.47. The van der Waals surface area contributed by atoms with Gasteiger partial charge >= 0.3 is 0 Å². The number of benzene rings is 1. The number of halogens is 2. The normalized spacial score (nSPS) is 24.4. The third-order valence-corrected chi connectivity index (χ3v) is 8.47. The maximum atomic E-state index is 13.7. The fourth-order valence-corrected chi connectivity index (χ4v) is 6.38. The molecule has 1 aromatic heterocycles. The predicted molar refractivity (Wildman–Crippen MR) is 142 cm³/mol. The van der Waals surface area contributed by atoms with Gasteiger partial charge in [0.1, 0.15) is 12.1 Å². The number of fused-ring (bicyclic) bond motifs is 2. The number of piperidine rings is 1. The molecule has 1 aliphatic heterocycles. The molecule has 5 rings (SSSR count). The van der Waals surface area contributed by atoms with Crippen molar-refractivity contribution >= 4 is 23.5 Å². The average Bonchev–Trinajstić information content (AvgIpc) is 3.58. The molecule has 1 aromatic carbocycles. The molecule has 0 spiro atoms. The second-order valence-corrected chi connectivity index (χ2v) is 11.2. The summed E-state index contributed by atoms with van der Waals surface area (Å²) in [6, 6.07) is 12.3. The van der Waals surface area contributed by atoms with Gasteiger partial charge in [-0.15, -0.1) is 0 Å². The van der Waals surface area contributed by atoms with Gasteiger partial charge in [0.2, 0.25) is 23.5 Å². The van der Waals surface area contributed by atoms with Crippen molar-refractivity contribution in [3.05, 3.63) is 66.0 Å². The van der Waals surface area contributed by atoms with E-state index in [4.69, 9.17) is 0 Å². The number of carbonyl (C=O) groups is 4. The lowest BCUT2D eigenvalue weighted by Crippen LogP contribution is -2.58. The van der Waals surface area contributed by atoms with Crippen LogP contribution in [-0.4, -0.2) is 57.4 Å². The van der Waals surface area contributed by atoms with E-state index < -0.39 is 41.5 Å². The van der Waals surface area contributed by atoms with E-state index in [-0.39, 0.29) is 56.5 Å². The molecule has 2 bridgehead atoms. The van der Waals surface area contributed by atoms with Crippen LogP contribution < -0.4 is 10.6 Å². The Bertz CT molecular complexity index is 1230. The molecule has 2 aromatic rings. The smallest absolute Gasteiger partial charge is 0.289 e. The highest BCUT2D eigenvalue weighted by Gasteiger charge is 2.53. The molecule has 2 N–H and O–H groups in total. The SMILES string of the molecule is O=C(NCc1ccccn1)C(=O)[C@@H](Cc1ccccc1)NC(=O)[C@@H]1[C@H]2CC[C@H](C2)N1C(=O)C1CCC(F)(F)CC1. The van der Waals surface area contributed by atoms with Crippen molar-refractivity contribution in [1.29, 1.82) is 0 Å². The zero-order valence-electron chi connectivity index (χ0n) is 22.2. The summed E-state index contributed by atoms with van der Waals surface area (Å²) in [5.41, 5.74) is 1.35. The number of pyridine rings is 1. The summed E-state index contributed by atoms with van der Waals surface area (Å²) in [6.45, 7) is 0.0620. The van der Waals surface area contributed by atoms with Gasteiger partial charge < -0.3 is 15.5 Å². The first-order valence-corrected chi connectivity index (χ1v) is 14.0. The maximum absolute atomic E-state index is 13.7. The van der Waals surface area contributed by atoms with Gasteiger partial charge in [0.15, 0.2) is 0 Å².